The molecular weight excluding hydrogens is 387 g/mol. The van der Waals surface area contributed by atoms with Gasteiger partial charge < -0.3 is 0 Å². The molecule has 150 valence electrons. The zero-order chi connectivity index (χ0) is 20.9. The van der Waals surface area contributed by atoms with Gasteiger partial charge in [0.1, 0.15) is 5.82 Å². The maximum absolute atomic E-state index is 14.7. The Kier molecular flexibility index (Phi) is 6.31. The molecule has 0 saturated carbocycles. The van der Waals surface area contributed by atoms with Crippen LogP contribution in [0.2, 0.25) is 0 Å². The van der Waals surface area contributed by atoms with Crippen LogP contribution >= 0.6 is 11.3 Å². The lowest BCUT2D eigenvalue weighted by molar-refractivity contribution is 0.625. The van der Waals surface area contributed by atoms with Crippen LogP contribution in [0.3, 0.4) is 0 Å². The summed E-state index contributed by atoms with van der Waals surface area (Å²) in [5.74, 6) is 5.86. The van der Waals surface area contributed by atoms with Gasteiger partial charge in [0.2, 0.25) is 0 Å². The van der Waals surface area contributed by atoms with Crippen molar-refractivity contribution in [2.45, 2.75) is 39.5 Å². The van der Waals surface area contributed by atoms with Crippen LogP contribution in [0.15, 0.2) is 66.7 Å². The van der Waals surface area contributed by atoms with Gasteiger partial charge in [0, 0.05) is 15.1 Å². The summed E-state index contributed by atoms with van der Waals surface area (Å²) in [7, 11) is 0. The first-order valence-electron chi connectivity index (χ1n) is 10.6. The van der Waals surface area contributed by atoms with Crippen LogP contribution in [0.25, 0.3) is 21.2 Å². The van der Waals surface area contributed by atoms with E-state index in [4.69, 9.17) is 0 Å². The van der Waals surface area contributed by atoms with E-state index in [2.05, 4.69) is 68.2 Å². The smallest absolute Gasteiger partial charge is 0.139 e. The van der Waals surface area contributed by atoms with Crippen LogP contribution in [0.5, 0.6) is 0 Å². The lowest BCUT2D eigenvalue weighted by Crippen LogP contribution is -1.87. The maximum Gasteiger partial charge on any atom is 0.139 e. The molecule has 1 aromatic heterocycles. The van der Waals surface area contributed by atoms with Crippen LogP contribution in [-0.2, 0) is 12.8 Å². The fourth-order valence-corrected chi connectivity index (χ4v) is 4.83. The Hall–Kier alpha value is -2.89. The zero-order valence-electron chi connectivity index (χ0n) is 17.5. The molecule has 0 atom stereocenters. The summed E-state index contributed by atoms with van der Waals surface area (Å²) >= 11 is 1.82. The van der Waals surface area contributed by atoms with Gasteiger partial charge in [0.25, 0.3) is 0 Å². The second-order valence-corrected chi connectivity index (χ2v) is 8.78. The molecule has 0 saturated heterocycles. The second kappa shape index (κ2) is 9.28. The van der Waals surface area contributed by atoms with Gasteiger partial charge in [-0.25, -0.2) is 4.39 Å². The standard InChI is InChI=1S/C28H25FS/c1-3-5-20-7-11-22(12-8-20)24-16-15-23(27(29)19-24)13-9-21-10-14-25-18-26(6-4-2)30-28(25)17-21/h7-8,10-12,14-19H,3-6H2,1-2H3. The average Bonchev–Trinajstić information content (AvgIpc) is 3.15. The van der Waals surface area contributed by atoms with Gasteiger partial charge in [-0.2, -0.15) is 0 Å². The summed E-state index contributed by atoms with van der Waals surface area (Å²) in [6.07, 6.45) is 4.46. The Balaban J connectivity index is 1.55. The number of fused-ring (bicyclic) bond motifs is 1. The summed E-state index contributed by atoms with van der Waals surface area (Å²) in [5, 5.41) is 1.26. The van der Waals surface area contributed by atoms with Gasteiger partial charge in [0.05, 0.1) is 5.56 Å². The largest absolute Gasteiger partial charge is 0.206 e. The van der Waals surface area contributed by atoms with Crippen molar-refractivity contribution in [2.75, 3.05) is 0 Å². The molecule has 0 aliphatic rings. The maximum atomic E-state index is 14.7. The van der Waals surface area contributed by atoms with Crippen LogP contribution in [0.4, 0.5) is 4.39 Å². The minimum atomic E-state index is -0.278. The Labute approximate surface area is 182 Å². The quantitative estimate of drug-likeness (QED) is 0.291. The summed E-state index contributed by atoms with van der Waals surface area (Å²) in [5.41, 5.74) is 4.57. The summed E-state index contributed by atoms with van der Waals surface area (Å²) in [4.78, 5) is 1.40. The van der Waals surface area contributed by atoms with E-state index in [1.807, 2.05) is 23.5 Å². The highest BCUT2D eigenvalue weighted by atomic mass is 32.1. The number of halogens is 1. The van der Waals surface area contributed by atoms with Crippen molar-refractivity contribution < 1.29 is 4.39 Å². The first kappa shape index (κ1) is 20.4. The van der Waals surface area contributed by atoms with E-state index in [1.165, 1.54) is 20.5 Å². The number of hydrogen-bond acceptors (Lipinski definition) is 1. The van der Waals surface area contributed by atoms with Gasteiger partial charge in [-0.05, 0) is 65.3 Å². The van der Waals surface area contributed by atoms with E-state index in [-0.39, 0.29) is 5.82 Å². The van der Waals surface area contributed by atoms with Crippen LogP contribution in [0, 0.1) is 17.7 Å². The fraction of sp³-hybridized carbons (Fsp3) is 0.214. The van der Waals surface area contributed by atoms with E-state index >= 15 is 0 Å². The fourth-order valence-electron chi connectivity index (χ4n) is 3.62. The van der Waals surface area contributed by atoms with Crippen molar-refractivity contribution in [2.24, 2.45) is 0 Å². The minimum Gasteiger partial charge on any atom is -0.206 e. The van der Waals surface area contributed by atoms with Crippen molar-refractivity contribution in [3.8, 4) is 23.0 Å². The van der Waals surface area contributed by atoms with Crippen LogP contribution in [0.1, 0.15) is 48.3 Å². The van der Waals surface area contributed by atoms with E-state index in [0.29, 0.717) is 5.56 Å². The molecule has 4 aromatic rings. The molecule has 30 heavy (non-hydrogen) atoms. The molecule has 3 aromatic carbocycles. The average molecular weight is 413 g/mol. The first-order chi connectivity index (χ1) is 14.7. The predicted octanol–water partition coefficient (Wildman–Crippen LogP) is 8.01. The number of hydrogen-bond donors (Lipinski definition) is 0. The van der Waals surface area contributed by atoms with Crippen molar-refractivity contribution in [1.29, 1.82) is 0 Å². The number of aryl methyl sites for hydroxylation is 2. The minimum absolute atomic E-state index is 0.278. The van der Waals surface area contributed by atoms with Gasteiger partial charge in [-0.3, -0.25) is 0 Å². The highest BCUT2D eigenvalue weighted by Crippen LogP contribution is 2.27. The molecule has 0 aliphatic heterocycles. The van der Waals surface area contributed by atoms with Crippen molar-refractivity contribution >= 4 is 21.4 Å². The molecule has 1 heterocycles. The normalized spacial score (nSPS) is 10.8. The Morgan fingerprint density at radius 2 is 1.53 bits per heavy atom. The van der Waals surface area contributed by atoms with Crippen LogP contribution in [-0.4, -0.2) is 0 Å². The summed E-state index contributed by atoms with van der Waals surface area (Å²) < 4.78 is 15.9. The van der Waals surface area contributed by atoms with Gasteiger partial charge >= 0.3 is 0 Å². The molecule has 4 rings (SSSR count). The SMILES string of the molecule is CCCc1ccc(-c2ccc(C#Cc3ccc4cc(CCC)sc4c3)c(F)c2)cc1. The topological polar surface area (TPSA) is 0 Å². The third-order valence-corrected chi connectivity index (χ3v) is 6.36. The van der Waals surface area contributed by atoms with Gasteiger partial charge in [-0.15, -0.1) is 11.3 Å². The van der Waals surface area contributed by atoms with Gasteiger partial charge in [0.15, 0.2) is 0 Å². The molecule has 0 amide bonds. The Bertz CT molecular complexity index is 1220. The third-order valence-electron chi connectivity index (χ3n) is 5.20. The number of rotatable bonds is 5. The van der Waals surface area contributed by atoms with Gasteiger partial charge in [-0.1, -0.05) is 74.9 Å². The zero-order valence-corrected chi connectivity index (χ0v) is 18.3. The second-order valence-electron chi connectivity index (χ2n) is 7.61. The predicted molar refractivity (Wildman–Crippen MR) is 128 cm³/mol. The highest BCUT2D eigenvalue weighted by molar-refractivity contribution is 7.19. The molecule has 0 bridgehead atoms. The van der Waals surface area contributed by atoms with E-state index < -0.39 is 0 Å². The van der Waals surface area contributed by atoms with Crippen molar-refractivity contribution in [3.05, 3.63) is 94.1 Å². The van der Waals surface area contributed by atoms with E-state index in [1.54, 1.807) is 12.1 Å². The lowest BCUT2D eigenvalue weighted by Gasteiger charge is -2.05. The summed E-state index contributed by atoms with van der Waals surface area (Å²) in [6, 6.07) is 22.2. The molecule has 2 heteroatoms. The summed E-state index contributed by atoms with van der Waals surface area (Å²) in [6.45, 7) is 4.37. The molecule has 0 N–H and O–H groups in total. The van der Waals surface area contributed by atoms with Crippen molar-refractivity contribution in [3.63, 3.8) is 0 Å². The molecule has 0 radical (unpaired) electrons. The lowest BCUT2D eigenvalue weighted by atomic mass is 10.0. The third kappa shape index (κ3) is 4.64. The number of thiophene rings is 1. The Morgan fingerprint density at radius 1 is 0.767 bits per heavy atom. The molecule has 0 fully saturated rings. The van der Waals surface area contributed by atoms with E-state index in [9.17, 15) is 4.39 Å². The molecule has 0 aliphatic carbocycles. The molecule has 0 spiro atoms. The highest BCUT2D eigenvalue weighted by Gasteiger charge is 2.05. The Morgan fingerprint density at radius 3 is 2.27 bits per heavy atom. The molecular formula is C28H25FS. The van der Waals surface area contributed by atoms with Crippen molar-refractivity contribution in [1.82, 2.24) is 0 Å². The molecule has 0 nitrogen and oxygen atoms in total. The number of benzene rings is 3. The molecule has 0 unspecified atom stereocenters. The first-order valence-corrected chi connectivity index (χ1v) is 11.4. The monoisotopic (exact) mass is 412 g/mol. The van der Waals surface area contributed by atoms with E-state index in [0.717, 1.165) is 42.4 Å². The van der Waals surface area contributed by atoms with Crippen LogP contribution < -0.4 is 0 Å².